The minimum absolute atomic E-state index is 0. The summed E-state index contributed by atoms with van der Waals surface area (Å²) in [4.78, 5) is 74.7. The van der Waals surface area contributed by atoms with E-state index >= 15 is 0 Å². The van der Waals surface area contributed by atoms with Crippen molar-refractivity contribution in [2.24, 2.45) is 0 Å². The first-order chi connectivity index (χ1) is 24.3. The summed E-state index contributed by atoms with van der Waals surface area (Å²) in [5, 5.41) is 142. The Morgan fingerprint density at radius 1 is 0.281 bits per heavy atom. The van der Waals surface area contributed by atoms with Crippen molar-refractivity contribution in [3.05, 3.63) is 0 Å². The maximum absolute atomic E-state index is 9.34. The number of carboxylic acid groups (broad SMARTS) is 8. The van der Waals surface area contributed by atoms with Gasteiger partial charge in [-0.1, -0.05) is 27.7 Å². The maximum Gasteiger partial charge on any atom is 4.00 e. The van der Waals surface area contributed by atoms with Crippen LogP contribution in [0.1, 0.15) is 83.1 Å². The Bertz CT molecular complexity index is 795. The summed E-state index contributed by atoms with van der Waals surface area (Å²) < 4.78 is 0. The molecule has 0 bridgehead atoms. The van der Waals surface area contributed by atoms with E-state index in [0.717, 1.165) is 55.4 Å². The predicted molar refractivity (Wildman–Crippen MR) is 167 cm³/mol. The third-order valence-electron chi connectivity index (χ3n) is 3.40. The van der Waals surface area contributed by atoms with E-state index in [1.807, 2.05) is 0 Å². The molecule has 27 heteroatoms. The Hall–Kier alpha value is -2.83. The monoisotopic (exact) mass is 993 g/mol. The Morgan fingerprint density at radius 3 is 0.333 bits per heavy atom. The Labute approximate surface area is 367 Å². The molecule has 0 heterocycles. The number of carboxylic acids is 8. The third kappa shape index (κ3) is 127. The normalized spacial score (nSPS) is 12.9. The van der Waals surface area contributed by atoms with Gasteiger partial charge in [0.15, 0.2) is 0 Å². The third-order valence-corrected chi connectivity index (χ3v) is 3.40. The second-order valence-corrected chi connectivity index (χ2v) is 10.4. The average Bonchev–Trinajstić information content (AvgIpc) is 2.98. The number of hydrogen-bond donors (Lipinski definition) is 9. The van der Waals surface area contributed by atoms with Crippen LogP contribution >= 0.6 is 0 Å². The first kappa shape index (κ1) is 82.2. The molecule has 0 aliphatic rings. The van der Waals surface area contributed by atoms with Crippen LogP contribution in [0.25, 0.3) is 0 Å². The van der Waals surface area contributed by atoms with Gasteiger partial charge in [-0.05, 0) is 55.4 Å². The topological polar surface area (TPSA) is 495 Å². The molecule has 0 fully saturated rings. The number of carbonyl (C=O) groups excluding carboxylic acids is 8. The summed E-state index contributed by atoms with van der Waals surface area (Å²) in [6.07, 6.45) is -10.7. The van der Waals surface area contributed by atoms with Gasteiger partial charge in [0, 0.05) is 12.1 Å². The fraction of sp³-hybridized carbons (Fsp3) is 0.733. The summed E-state index contributed by atoms with van der Waals surface area (Å²) in [6.45, 7) is 17.7. The van der Waals surface area contributed by atoms with Gasteiger partial charge in [0.2, 0.25) is 0 Å². The maximum atomic E-state index is 9.34. The van der Waals surface area contributed by atoms with Crippen LogP contribution in [0.2, 0.25) is 0 Å². The number of rotatable bonds is 10. The molecule has 0 rings (SSSR count). The summed E-state index contributed by atoms with van der Waals surface area (Å²) in [7, 11) is 0. The standard InChI is InChI=1S/C6H15N.8C3H6O3.2Zr/c1-5(2)7-6(3)4;8*1-2(4)3(5)6;;/h5-7H,1-4H3;8*2,4H,1H3,(H,5,6);;/q;;;;;;;;;2*+4/p-8. The van der Waals surface area contributed by atoms with E-state index in [9.17, 15) is 79.2 Å². The fourth-order valence-electron chi connectivity index (χ4n) is 0.667. The Morgan fingerprint density at radius 2 is 0.333 bits per heavy atom. The molecule has 0 spiro atoms. The molecule has 0 radical (unpaired) electrons. The van der Waals surface area contributed by atoms with Crippen LogP contribution in [0.4, 0.5) is 0 Å². The van der Waals surface area contributed by atoms with Gasteiger partial charge in [-0.25, -0.2) is 0 Å². The van der Waals surface area contributed by atoms with E-state index in [2.05, 4.69) is 33.0 Å². The van der Waals surface area contributed by atoms with Gasteiger partial charge < -0.3 is 125 Å². The first-order valence-corrected chi connectivity index (χ1v) is 15.1. The Kier molecular flexibility index (Phi) is 76.6. The van der Waals surface area contributed by atoms with Crippen molar-refractivity contribution < 1.29 is 172 Å². The molecule has 9 N–H and O–H groups in total. The first-order valence-electron chi connectivity index (χ1n) is 15.1. The summed E-state index contributed by atoms with van der Waals surface area (Å²) in [5.74, 6) is -11.5. The number of aliphatic carboxylic acids is 8. The molecule has 0 aromatic rings. The van der Waals surface area contributed by atoms with Gasteiger partial charge in [0.1, 0.15) is 0 Å². The van der Waals surface area contributed by atoms with Crippen molar-refractivity contribution in [1.82, 2.24) is 5.32 Å². The fourth-order valence-corrected chi connectivity index (χ4v) is 0.667. The number of aliphatic hydroxyl groups is 8. The van der Waals surface area contributed by atoms with Gasteiger partial charge in [-0.3, -0.25) is 0 Å². The molecule has 0 amide bonds. The summed E-state index contributed by atoms with van der Waals surface area (Å²) in [5.41, 5.74) is 0. The average molecular weight is 996 g/mol. The van der Waals surface area contributed by atoms with Crippen molar-refractivity contribution in [1.29, 1.82) is 0 Å². The van der Waals surface area contributed by atoms with E-state index in [4.69, 9.17) is 40.9 Å². The van der Waals surface area contributed by atoms with Crippen LogP contribution in [-0.4, -0.2) is 150 Å². The molecule has 25 nitrogen and oxygen atoms in total. The van der Waals surface area contributed by atoms with Gasteiger partial charge in [0.05, 0.1) is 96.6 Å². The molecule has 0 aliphatic carbocycles. The molecule has 57 heavy (non-hydrogen) atoms. The zero-order valence-corrected chi connectivity index (χ0v) is 38.3. The van der Waals surface area contributed by atoms with Gasteiger partial charge >= 0.3 is 52.4 Å². The largest absolute Gasteiger partial charge is 4.00 e. The molecular weight excluding hydrogens is 941 g/mol. The molecule has 0 aromatic heterocycles. The number of carbonyl (C=O) groups is 8. The molecular formula is C30H55NO24Zr2. The van der Waals surface area contributed by atoms with Crippen LogP contribution in [-0.2, 0) is 90.8 Å². The molecule has 0 saturated carbocycles. The Balaban J connectivity index is -0.0000000462. The minimum Gasteiger partial charge on any atom is -0.547 e. The smallest absolute Gasteiger partial charge is 0.547 e. The van der Waals surface area contributed by atoms with E-state index in [1.54, 1.807) is 0 Å². The van der Waals surface area contributed by atoms with Crippen LogP contribution in [0, 0.1) is 0 Å². The van der Waals surface area contributed by atoms with Crippen molar-refractivity contribution in [2.75, 3.05) is 0 Å². The van der Waals surface area contributed by atoms with Crippen LogP contribution in [0.15, 0.2) is 0 Å². The van der Waals surface area contributed by atoms with E-state index < -0.39 is 96.6 Å². The zero-order valence-electron chi connectivity index (χ0n) is 33.4. The minimum atomic E-state index is -1.44. The van der Waals surface area contributed by atoms with Crippen LogP contribution in [0.3, 0.4) is 0 Å². The molecule has 0 aromatic carbocycles. The van der Waals surface area contributed by atoms with Crippen LogP contribution in [0.5, 0.6) is 0 Å². The summed E-state index contributed by atoms with van der Waals surface area (Å²) in [6, 6.07) is 1.25. The van der Waals surface area contributed by atoms with Crippen LogP contribution < -0.4 is 46.2 Å². The number of nitrogens with one attached hydrogen (secondary N) is 1. The molecule has 0 aliphatic heterocycles. The van der Waals surface area contributed by atoms with Gasteiger partial charge in [-0.2, -0.15) is 0 Å². The van der Waals surface area contributed by atoms with Crippen molar-refractivity contribution >= 4 is 47.8 Å². The molecule has 0 saturated heterocycles. The molecule has 8 unspecified atom stereocenters. The summed E-state index contributed by atoms with van der Waals surface area (Å²) >= 11 is 0. The predicted octanol–water partition coefficient (Wildman–Crippen LogP) is -13.7. The quantitative estimate of drug-likeness (QED) is 0.0981. The van der Waals surface area contributed by atoms with Crippen molar-refractivity contribution in [2.45, 2.75) is 144 Å². The SMILES string of the molecule is CC(C)NC(C)C.CC(O)C(=O)[O-].CC(O)C(=O)[O-].CC(O)C(=O)[O-].CC(O)C(=O)[O-].CC(O)C(=O)[O-].CC(O)C(=O)[O-].CC(O)C(=O)[O-].CC(O)C(=O)[O-].[Zr+4].[Zr+4]. The second-order valence-electron chi connectivity index (χ2n) is 10.4. The van der Waals surface area contributed by atoms with E-state index in [-0.39, 0.29) is 52.4 Å². The number of hydrogen-bond acceptors (Lipinski definition) is 25. The van der Waals surface area contributed by atoms with Gasteiger partial charge in [-0.15, -0.1) is 0 Å². The van der Waals surface area contributed by atoms with E-state index in [0.29, 0.717) is 12.1 Å². The molecule has 8 atom stereocenters. The van der Waals surface area contributed by atoms with E-state index in [1.165, 1.54) is 0 Å². The molecule has 332 valence electrons. The second kappa shape index (κ2) is 53.2. The van der Waals surface area contributed by atoms with Gasteiger partial charge in [0.25, 0.3) is 0 Å². The van der Waals surface area contributed by atoms with Crippen molar-refractivity contribution in [3.8, 4) is 0 Å². The van der Waals surface area contributed by atoms with Crippen molar-refractivity contribution in [3.63, 3.8) is 0 Å². The zero-order chi connectivity index (χ0) is 47.1. The number of aliphatic hydroxyl groups excluding tert-OH is 8.